The highest BCUT2D eigenvalue weighted by Gasteiger charge is 2.39. The molecule has 3 atom stereocenters. The van der Waals surface area contributed by atoms with Crippen LogP contribution in [-0.2, 0) is 14.6 Å². The molecule has 2 rings (SSSR count). The molecule has 0 radical (unpaired) electrons. The highest BCUT2D eigenvalue weighted by atomic mass is 32.2. The zero-order valence-electron chi connectivity index (χ0n) is 12.0. The summed E-state index contributed by atoms with van der Waals surface area (Å²) in [6.45, 7) is 2.19. The van der Waals surface area contributed by atoms with Gasteiger partial charge in [0.15, 0.2) is 9.84 Å². The third kappa shape index (κ3) is 3.49. The minimum Gasteiger partial charge on any atom is -0.328 e. The van der Waals surface area contributed by atoms with Crippen molar-refractivity contribution in [3.63, 3.8) is 0 Å². The van der Waals surface area contributed by atoms with Crippen LogP contribution in [0.1, 0.15) is 32.6 Å². The molecule has 5 nitrogen and oxygen atoms in total. The molecule has 7 heteroatoms. The standard InChI is InChI=1S/C13H24N2O3S2/c1-2-20(17,18)12-9-19-7-6-15(12)13(16)10-4-3-5-11(14)8-10/h10-12H,2-9,14H2,1H3. The zero-order valence-corrected chi connectivity index (χ0v) is 13.6. The van der Waals surface area contributed by atoms with Gasteiger partial charge in [-0.05, 0) is 19.3 Å². The summed E-state index contributed by atoms with van der Waals surface area (Å²) in [5, 5.41) is -0.642. The summed E-state index contributed by atoms with van der Waals surface area (Å²) < 4.78 is 24.4. The van der Waals surface area contributed by atoms with E-state index in [0.717, 1.165) is 25.0 Å². The molecule has 1 saturated carbocycles. The van der Waals surface area contributed by atoms with Crippen LogP contribution in [0, 0.1) is 5.92 Å². The average molecular weight is 320 g/mol. The van der Waals surface area contributed by atoms with Crippen molar-refractivity contribution in [3.8, 4) is 0 Å². The fourth-order valence-corrected chi connectivity index (χ4v) is 5.98. The number of nitrogens with zero attached hydrogens (tertiary/aromatic N) is 1. The fraction of sp³-hybridized carbons (Fsp3) is 0.923. The van der Waals surface area contributed by atoms with E-state index in [1.54, 1.807) is 23.6 Å². The van der Waals surface area contributed by atoms with E-state index in [9.17, 15) is 13.2 Å². The van der Waals surface area contributed by atoms with Gasteiger partial charge in [0.1, 0.15) is 5.37 Å². The average Bonchev–Trinajstić information content (AvgIpc) is 2.46. The van der Waals surface area contributed by atoms with E-state index in [-0.39, 0.29) is 23.6 Å². The minimum atomic E-state index is -3.21. The van der Waals surface area contributed by atoms with E-state index in [4.69, 9.17) is 5.73 Å². The number of nitrogens with two attached hydrogens (primary N) is 1. The zero-order chi connectivity index (χ0) is 14.8. The molecule has 1 saturated heterocycles. The van der Waals surface area contributed by atoms with Crippen molar-refractivity contribution in [1.82, 2.24) is 4.90 Å². The van der Waals surface area contributed by atoms with Crippen LogP contribution < -0.4 is 5.73 Å². The van der Waals surface area contributed by atoms with Gasteiger partial charge >= 0.3 is 0 Å². The Hall–Kier alpha value is -0.270. The van der Waals surface area contributed by atoms with Gasteiger partial charge in [-0.2, -0.15) is 11.8 Å². The van der Waals surface area contributed by atoms with Crippen molar-refractivity contribution >= 4 is 27.5 Å². The maximum Gasteiger partial charge on any atom is 0.226 e. The second kappa shape index (κ2) is 6.66. The second-order valence-electron chi connectivity index (χ2n) is 5.64. The first-order chi connectivity index (χ1) is 9.45. The van der Waals surface area contributed by atoms with Crippen LogP contribution in [0.25, 0.3) is 0 Å². The molecule has 3 unspecified atom stereocenters. The molecule has 2 N–H and O–H groups in total. The predicted octanol–water partition coefficient (Wildman–Crippen LogP) is 0.840. The topological polar surface area (TPSA) is 80.5 Å². The maximum absolute atomic E-state index is 12.7. The van der Waals surface area contributed by atoms with E-state index >= 15 is 0 Å². The van der Waals surface area contributed by atoms with E-state index in [0.29, 0.717) is 18.7 Å². The van der Waals surface area contributed by atoms with E-state index < -0.39 is 15.2 Å². The highest BCUT2D eigenvalue weighted by Crippen LogP contribution is 2.29. The molecular formula is C13H24N2O3S2. The lowest BCUT2D eigenvalue weighted by Gasteiger charge is -2.38. The summed E-state index contributed by atoms with van der Waals surface area (Å²) in [6.07, 6.45) is 3.47. The number of sulfone groups is 1. The summed E-state index contributed by atoms with van der Waals surface area (Å²) in [6, 6.07) is 0.0816. The number of amides is 1. The van der Waals surface area contributed by atoms with Gasteiger partial charge < -0.3 is 10.6 Å². The van der Waals surface area contributed by atoms with Crippen LogP contribution in [0.4, 0.5) is 0 Å². The van der Waals surface area contributed by atoms with Crippen molar-refractivity contribution in [2.24, 2.45) is 11.7 Å². The summed E-state index contributed by atoms with van der Waals surface area (Å²) in [5.74, 6) is 1.33. The highest BCUT2D eigenvalue weighted by molar-refractivity contribution is 8.01. The summed E-state index contributed by atoms with van der Waals surface area (Å²) in [7, 11) is -3.21. The van der Waals surface area contributed by atoms with Crippen LogP contribution >= 0.6 is 11.8 Å². The van der Waals surface area contributed by atoms with E-state index in [1.807, 2.05) is 0 Å². The lowest BCUT2D eigenvalue weighted by molar-refractivity contribution is -0.137. The Labute approximate surface area is 125 Å². The SMILES string of the molecule is CCS(=O)(=O)C1CSCCN1C(=O)C1CCCC(N)C1. The molecule has 116 valence electrons. The van der Waals surface area contributed by atoms with Crippen molar-refractivity contribution in [1.29, 1.82) is 0 Å². The number of hydrogen-bond donors (Lipinski definition) is 1. The molecular weight excluding hydrogens is 296 g/mol. The van der Waals surface area contributed by atoms with E-state index in [2.05, 4.69) is 0 Å². The van der Waals surface area contributed by atoms with Crippen LogP contribution in [0.2, 0.25) is 0 Å². The Kier molecular flexibility index (Phi) is 5.36. The molecule has 1 aliphatic carbocycles. The molecule has 1 heterocycles. The maximum atomic E-state index is 12.7. The molecule has 0 bridgehead atoms. The Morgan fingerprint density at radius 1 is 1.40 bits per heavy atom. The van der Waals surface area contributed by atoms with E-state index in [1.165, 1.54) is 0 Å². The molecule has 0 spiro atoms. The Bertz CT molecular complexity index is 453. The molecule has 2 fully saturated rings. The van der Waals surface area contributed by atoms with Gasteiger partial charge in [0.2, 0.25) is 5.91 Å². The van der Waals surface area contributed by atoms with Crippen LogP contribution in [0.3, 0.4) is 0 Å². The summed E-state index contributed by atoms with van der Waals surface area (Å²) in [5.41, 5.74) is 5.95. The monoisotopic (exact) mass is 320 g/mol. The molecule has 1 aliphatic heterocycles. The van der Waals surface area contributed by atoms with Crippen molar-refractivity contribution in [2.75, 3.05) is 23.8 Å². The molecule has 20 heavy (non-hydrogen) atoms. The Morgan fingerprint density at radius 2 is 2.15 bits per heavy atom. The van der Waals surface area contributed by atoms with Gasteiger partial charge in [0.25, 0.3) is 0 Å². The van der Waals surface area contributed by atoms with Gasteiger partial charge in [-0.15, -0.1) is 0 Å². The lowest BCUT2D eigenvalue weighted by atomic mass is 9.85. The number of hydrogen-bond acceptors (Lipinski definition) is 5. The Balaban J connectivity index is 2.13. The normalized spacial score (nSPS) is 32.1. The van der Waals surface area contributed by atoms with Gasteiger partial charge in [0.05, 0.1) is 0 Å². The van der Waals surface area contributed by atoms with Crippen LogP contribution in [0.15, 0.2) is 0 Å². The van der Waals surface area contributed by atoms with Crippen molar-refractivity contribution in [2.45, 2.75) is 44.0 Å². The second-order valence-corrected chi connectivity index (χ2v) is 9.23. The minimum absolute atomic E-state index is 0.00229. The first kappa shape index (κ1) is 16.1. The smallest absolute Gasteiger partial charge is 0.226 e. The third-order valence-electron chi connectivity index (χ3n) is 4.25. The summed E-state index contributed by atoms with van der Waals surface area (Å²) >= 11 is 1.62. The quantitative estimate of drug-likeness (QED) is 0.833. The lowest BCUT2D eigenvalue weighted by Crippen LogP contribution is -2.53. The number of rotatable bonds is 3. The van der Waals surface area contributed by atoms with Crippen LogP contribution in [0.5, 0.6) is 0 Å². The van der Waals surface area contributed by atoms with Gasteiger partial charge in [-0.3, -0.25) is 4.79 Å². The van der Waals surface area contributed by atoms with Gasteiger partial charge in [0, 0.05) is 35.8 Å². The first-order valence-electron chi connectivity index (χ1n) is 7.31. The predicted molar refractivity (Wildman–Crippen MR) is 82.2 cm³/mol. The molecule has 0 aromatic carbocycles. The largest absolute Gasteiger partial charge is 0.328 e. The Morgan fingerprint density at radius 3 is 2.80 bits per heavy atom. The van der Waals surface area contributed by atoms with Crippen LogP contribution in [-0.4, -0.2) is 54.4 Å². The fourth-order valence-electron chi connectivity index (χ4n) is 3.01. The molecule has 0 aromatic rings. The van der Waals surface area contributed by atoms with Crippen molar-refractivity contribution in [3.05, 3.63) is 0 Å². The first-order valence-corrected chi connectivity index (χ1v) is 10.2. The van der Waals surface area contributed by atoms with Gasteiger partial charge in [-0.1, -0.05) is 13.3 Å². The molecule has 0 aromatic heterocycles. The number of carbonyl (C=O) groups excluding carboxylic acids is 1. The number of carbonyl (C=O) groups is 1. The van der Waals surface area contributed by atoms with Crippen molar-refractivity contribution < 1.29 is 13.2 Å². The number of thioether (sulfide) groups is 1. The summed E-state index contributed by atoms with van der Waals surface area (Å²) in [4.78, 5) is 14.3. The van der Waals surface area contributed by atoms with Gasteiger partial charge in [-0.25, -0.2) is 8.42 Å². The molecule has 1 amide bonds. The molecule has 2 aliphatic rings. The third-order valence-corrected chi connectivity index (χ3v) is 7.54.